The lowest BCUT2D eigenvalue weighted by atomic mass is 10.0. The van der Waals surface area contributed by atoms with Crippen LogP contribution in [0.25, 0.3) is 0 Å². The van der Waals surface area contributed by atoms with Crippen molar-refractivity contribution in [2.24, 2.45) is 5.73 Å². The molecule has 1 heterocycles. The predicted molar refractivity (Wildman–Crippen MR) is 67.9 cm³/mol. The molecule has 1 amide bonds. The fraction of sp³-hybridized carbons (Fsp3) is 0.462. The van der Waals surface area contributed by atoms with Crippen molar-refractivity contribution in [1.82, 2.24) is 5.32 Å². The summed E-state index contributed by atoms with van der Waals surface area (Å²) in [5.41, 5.74) is 2.69. The summed E-state index contributed by atoms with van der Waals surface area (Å²) in [5, 5.41) is 2.17. The van der Waals surface area contributed by atoms with E-state index in [0.29, 0.717) is 37.2 Å². The summed E-state index contributed by atoms with van der Waals surface area (Å²) in [4.78, 5) is 11.6. The van der Waals surface area contributed by atoms with E-state index >= 15 is 0 Å². The molecule has 0 aliphatic carbocycles. The number of hydrogen-bond donors (Lipinski definition) is 2. The maximum atomic E-state index is 12.6. The van der Waals surface area contributed by atoms with E-state index in [4.69, 9.17) is 15.2 Å². The number of nitrogens with two attached hydrogens (primary N) is 1. The molecule has 0 spiro atoms. The van der Waals surface area contributed by atoms with Crippen LogP contribution in [0.3, 0.4) is 0 Å². The van der Waals surface area contributed by atoms with Gasteiger partial charge in [-0.2, -0.15) is 13.2 Å². The van der Waals surface area contributed by atoms with Crippen LogP contribution in [0.2, 0.25) is 0 Å². The maximum absolute atomic E-state index is 12.6. The first-order chi connectivity index (χ1) is 9.72. The molecule has 1 unspecified atom stereocenters. The van der Waals surface area contributed by atoms with Gasteiger partial charge >= 0.3 is 6.18 Å². The molecule has 5 nitrogen and oxygen atoms in total. The van der Waals surface area contributed by atoms with Gasteiger partial charge in [0.05, 0.1) is 0 Å². The molecule has 0 saturated carbocycles. The lowest BCUT2D eigenvalue weighted by Crippen LogP contribution is -2.61. The Hall–Kier alpha value is -1.96. The first-order valence-electron chi connectivity index (χ1n) is 6.24. The van der Waals surface area contributed by atoms with Crippen molar-refractivity contribution >= 4 is 5.91 Å². The second-order valence-electron chi connectivity index (χ2n) is 4.86. The third-order valence-electron chi connectivity index (χ3n) is 3.12. The summed E-state index contributed by atoms with van der Waals surface area (Å²) < 4.78 is 48.5. The Bertz CT molecular complexity index is 544. The molecule has 116 valence electrons. The molecular formula is C13H15F3N2O3. The van der Waals surface area contributed by atoms with Crippen molar-refractivity contribution in [1.29, 1.82) is 0 Å². The van der Waals surface area contributed by atoms with Crippen LogP contribution in [0.5, 0.6) is 11.5 Å². The molecule has 1 atom stereocenters. The second-order valence-corrected chi connectivity index (χ2v) is 4.86. The zero-order chi connectivity index (χ0) is 15.7. The normalized spacial score (nSPS) is 17.0. The highest BCUT2D eigenvalue weighted by Crippen LogP contribution is 2.31. The van der Waals surface area contributed by atoms with Crippen LogP contribution in [0.1, 0.15) is 12.5 Å². The van der Waals surface area contributed by atoms with Gasteiger partial charge in [-0.3, -0.25) is 4.79 Å². The lowest BCUT2D eigenvalue weighted by molar-refractivity contribution is -0.187. The number of nitrogens with one attached hydrogen (secondary N) is 1. The highest BCUT2D eigenvalue weighted by Gasteiger charge is 2.53. The van der Waals surface area contributed by atoms with E-state index in [9.17, 15) is 18.0 Å². The highest BCUT2D eigenvalue weighted by atomic mass is 19.4. The van der Waals surface area contributed by atoms with Gasteiger partial charge in [-0.05, 0) is 24.6 Å². The van der Waals surface area contributed by atoms with Gasteiger partial charge in [0.15, 0.2) is 17.0 Å². The summed E-state index contributed by atoms with van der Waals surface area (Å²) in [6.07, 6.45) is -4.82. The van der Waals surface area contributed by atoms with Crippen molar-refractivity contribution in [3.05, 3.63) is 23.8 Å². The van der Waals surface area contributed by atoms with E-state index in [0.717, 1.165) is 0 Å². The van der Waals surface area contributed by atoms with Gasteiger partial charge in [0.2, 0.25) is 5.91 Å². The number of carbonyl (C=O) groups is 1. The summed E-state index contributed by atoms with van der Waals surface area (Å²) in [7, 11) is 0. The summed E-state index contributed by atoms with van der Waals surface area (Å²) >= 11 is 0. The zero-order valence-electron chi connectivity index (χ0n) is 11.3. The minimum atomic E-state index is -4.82. The number of ether oxygens (including phenoxy) is 2. The molecule has 0 bridgehead atoms. The average Bonchev–Trinajstić information content (AvgIpc) is 2.43. The van der Waals surface area contributed by atoms with Crippen LogP contribution in [-0.4, -0.2) is 30.8 Å². The van der Waals surface area contributed by atoms with Gasteiger partial charge in [-0.1, -0.05) is 6.07 Å². The fourth-order valence-electron chi connectivity index (χ4n) is 1.69. The van der Waals surface area contributed by atoms with E-state index in [-0.39, 0.29) is 6.54 Å². The number of hydrogen-bond acceptors (Lipinski definition) is 4. The van der Waals surface area contributed by atoms with Gasteiger partial charge in [0.1, 0.15) is 13.2 Å². The topological polar surface area (TPSA) is 73.6 Å². The van der Waals surface area contributed by atoms with Crippen molar-refractivity contribution in [3.63, 3.8) is 0 Å². The van der Waals surface area contributed by atoms with Crippen LogP contribution < -0.4 is 20.5 Å². The molecule has 0 fully saturated rings. The van der Waals surface area contributed by atoms with E-state index in [2.05, 4.69) is 5.32 Å². The van der Waals surface area contributed by atoms with E-state index < -0.39 is 17.6 Å². The molecule has 2 rings (SSSR count). The average molecular weight is 304 g/mol. The molecule has 3 N–H and O–H groups in total. The maximum Gasteiger partial charge on any atom is 0.415 e. The fourth-order valence-corrected chi connectivity index (χ4v) is 1.69. The molecule has 1 aromatic carbocycles. The number of alkyl halides is 3. The largest absolute Gasteiger partial charge is 0.486 e. The van der Waals surface area contributed by atoms with Crippen molar-refractivity contribution < 1.29 is 27.4 Å². The number of halogens is 3. The standard InChI is InChI=1S/C13H15F3N2O3/c1-12(17,13(14,15)16)11(19)18-7-8-2-3-9-10(6-8)21-5-4-20-9/h2-3,6H,4-5,7,17H2,1H3,(H,18,19). The zero-order valence-corrected chi connectivity index (χ0v) is 11.3. The molecule has 1 aromatic rings. The second kappa shape index (κ2) is 5.44. The highest BCUT2D eigenvalue weighted by molar-refractivity contribution is 5.86. The third-order valence-corrected chi connectivity index (χ3v) is 3.12. The predicted octanol–water partition coefficient (Wildman–Crippen LogP) is 1.35. The Labute approximate surface area is 119 Å². The van der Waals surface area contributed by atoms with Crippen molar-refractivity contribution in [2.45, 2.75) is 25.2 Å². The van der Waals surface area contributed by atoms with Crippen LogP contribution in [0.4, 0.5) is 13.2 Å². The molecule has 8 heteroatoms. The first-order valence-corrected chi connectivity index (χ1v) is 6.24. The Morgan fingerprint density at radius 1 is 1.29 bits per heavy atom. The van der Waals surface area contributed by atoms with Crippen molar-refractivity contribution in [2.75, 3.05) is 13.2 Å². The first kappa shape index (κ1) is 15.4. The van der Waals surface area contributed by atoms with Crippen molar-refractivity contribution in [3.8, 4) is 11.5 Å². The Morgan fingerprint density at radius 2 is 1.90 bits per heavy atom. The molecule has 21 heavy (non-hydrogen) atoms. The number of carbonyl (C=O) groups excluding carboxylic acids is 1. The van der Waals surface area contributed by atoms with Crippen LogP contribution >= 0.6 is 0 Å². The molecule has 1 aliphatic rings. The van der Waals surface area contributed by atoms with Gasteiger partial charge < -0.3 is 20.5 Å². The summed E-state index contributed by atoms with van der Waals surface area (Å²) in [5.74, 6) is -0.223. The van der Waals surface area contributed by atoms with Crippen LogP contribution in [0.15, 0.2) is 18.2 Å². The third kappa shape index (κ3) is 3.21. The SMILES string of the molecule is CC(N)(C(=O)NCc1ccc2c(c1)OCCO2)C(F)(F)F. The molecule has 1 aliphatic heterocycles. The van der Waals surface area contributed by atoms with Gasteiger partial charge in [0.25, 0.3) is 0 Å². The Balaban J connectivity index is 2.02. The molecule has 0 radical (unpaired) electrons. The van der Waals surface area contributed by atoms with E-state index in [1.54, 1.807) is 18.2 Å². The quantitative estimate of drug-likeness (QED) is 0.884. The van der Waals surface area contributed by atoms with Gasteiger partial charge in [-0.25, -0.2) is 0 Å². The minimum absolute atomic E-state index is 0.0850. The lowest BCUT2D eigenvalue weighted by Gasteiger charge is -2.26. The van der Waals surface area contributed by atoms with E-state index in [1.807, 2.05) is 0 Å². The van der Waals surface area contributed by atoms with Crippen LogP contribution in [-0.2, 0) is 11.3 Å². The summed E-state index contributed by atoms with van der Waals surface area (Å²) in [6, 6.07) is 4.88. The number of rotatable bonds is 3. The molecule has 0 saturated heterocycles. The Morgan fingerprint density at radius 3 is 2.52 bits per heavy atom. The Kier molecular flexibility index (Phi) is 3.99. The monoisotopic (exact) mass is 304 g/mol. The van der Waals surface area contributed by atoms with Gasteiger partial charge in [-0.15, -0.1) is 0 Å². The number of fused-ring (bicyclic) bond motifs is 1. The number of benzene rings is 1. The summed E-state index contributed by atoms with van der Waals surface area (Å²) in [6.45, 7) is 1.39. The molecule has 0 aromatic heterocycles. The van der Waals surface area contributed by atoms with Gasteiger partial charge in [0, 0.05) is 6.54 Å². The van der Waals surface area contributed by atoms with Crippen LogP contribution in [0, 0.1) is 0 Å². The van der Waals surface area contributed by atoms with E-state index in [1.165, 1.54) is 0 Å². The number of amides is 1. The minimum Gasteiger partial charge on any atom is -0.486 e. The molecular weight excluding hydrogens is 289 g/mol. The smallest absolute Gasteiger partial charge is 0.415 e.